The van der Waals surface area contributed by atoms with Crippen LogP contribution in [-0.2, 0) is 9.53 Å². The normalized spacial score (nSPS) is 23.7. The van der Waals surface area contributed by atoms with Gasteiger partial charge in [-0.3, -0.25) is 4.79 Å². The molecule has 3 nitrogen and oxygen atoms in total. The fourth-order valence-corrected chi connectivity index (χ4v) is 2.20. The lowest BCUT2D eigenvalue weighted by atomic mass is 9.88. The monoisotopic (exact) mass is 241 g/mol. The number of carbonyl (C=O) groups excluding carboxylic acids is 1. The number of esters is 1. The van der Waals surface area contributed by atoms with Crippen LogP contribution in [0.1, 0.15) is 11.5 Å². The molecule has 1 aromatic rings. The molecule has 2 atom stereocenters. The summed E-state index contributed by atoms with van der Waals surface area (Å²) >= 11 is 0. The van der Waals surface area contributed by atoms with Gasteiger partial charge in [-0.25, -0.2) is 8.78 Å². The summed E-state index contributed by atoms with van der Waals surface area (Å²) in [5, 5.41) is 2.99. The van der Waals surface area contributed by atoms with Crippen molar-refractivity contribution in [3.8, 4) is 0 Å². The van der Waals surface area contributed by atoms with Gasteiger partial charge in [-0.1, -0.05) is 0 Å². The van der Waals surface area contributed by atoms with Crippen molar-refractivity contribution in [3.05, 3.63) is 35.4 Å². The first-order valence-corrected chi connectivity index (χ1v) is 5.37. The van der Waals surface area contributed by atoms with Crippen molar-refractivity contribution in [2.24, 2.45) is 5.92 Å². The molecule has 17 heavy (non-hydrogen) atoms. The second-order valence-corrected chi connectivity index (χ2v) is 4.06. The summed E-state index contributed by atoms with van der Waals surface area (Å²) in [6.45, 7) is 0.868. The molecule has 0 radical (unpaired) electrons. The molecule has 92 valence electrons. The maximum atomic E-state index is 13.6. The van der Waals surface area contributed by atoms with Crippen molar-refractivity contribution in [2.75, 3.05) is 20.2 Å². The van der Waals surface area contributed by atoms with Crippen molar-refractivity contribution < 1.29 is 18.3 Å². The number of ether oxygens (including phenoxy) is 1. The topological polar surface area (TPSA) is 38.3 Å². The van der Waals surface area contributed by atoms with Gasteiger partial charge in [-0.15, -0.1) is 0 Å². The molecule has 1 aliphatic heterocycles. The Balaban J connectivity index is 2.32. The van der Waals surface area contributed by atoms with Crippen LogP contribution in [0.15, 0.2) is 18.2 Å². The van der Waals surface area contributed by atoms with E-state index in [1.807, 2.05) is 0 Å². The Kier molecular flexibility index (Phi) is 3.38. The predicted octanol–water partition coefficient (Wildman–Crippen LogP) is 1.44. The zero-order chi connectivity index (χ0) is 12.4. The molecule has 1 fully saturated rings. The summed E-state index contributed by atoms with van der Waals surface area (Å²) in [7, 11) is 1.29. The van der Waals surface area contributed by atoms with Crippen LogP contribution in [0.4, 0.5) is 8.78 Å². The third-order valence-electron chi connectivity index (χ3n) is 3.08. The molecule has 2 unspecified atom stereocenters. The smallest absolute Gasteiger partial charge is 0.310 e. The molecule has 5 heteroatoms. The van der Waals surface area contributed by atoms with E-state index in [0.717, 1.165) is 18.2 Å². The average molecular weight is 241 g/mol. The lowest BCUT2D eigenvalue weighted by Crippen LogP contribution is -2.23. The fourth-order valence-electron chi connectivity index (χ4n) is 2.20. The van der Waals surface area contributed by atoms with E-state index >= 15 is 0 Å². The SMILES string of the molecule is COC(=O)C1CNCC1c1cc(F)ccc1F. The summed E-state index contributed by atoms with van der Waals surface area (Å²) in [6, 6.07) is 3.29. The minimum absolute atomic E-state index is 0.227. The first-order valence-electron chi connectivity index (χ1n) is 5.37. The van der Waals surface area contributed by atoms with Crippen LogP contribution >= 0.6 is 0 Å². The zero-order valence-electron chi connectivity index (χ0n) is 9.37. The number of benzene rings is 1. The van der Waals surface area contributed by atoms with Crippen molar-refractivity contribution >= 4 is 5.97 Å². The molecule has 0 amide bonds. The fraction of sp³-hybridized carbons (Fsp3) is 0.417. The second-order valence-electron chi connectivity index (χ2n) is 4.06. The van der Waals surface area contributed by atoms with Crippen molar-refractivity contribution in [3.63, 3.8) is 0 Å². The number of nitrogens with one attached hydrogen (secondary N) is 1. The van der Waals surface area contributed by atoms with Crippen molar-refractivity contribution in [1.82, 2.24) is 5.32 Å². The largest absolute Gasteiger partial charge is 0.469 e. The van der Waals surface area contributed by atoms with Crippen LogP contribution in [0, 0.1) is 17.6 Å². The van der Waals surface area contributed by atoms with Crippen LogP contribution < -0.4 is 5.32 Å². The molecule has 2 rings (SSSR count). The second kappa shape index (κ2) is 4.79. The molecular formula is C12H13F2NO2. The van der Waals surface area contributed by atoms with Gasteiger partial charge in [0.2, 0.25) is 0 Å². The van der Waals surface area contributed by atoms with E-state index in [2.05, 4.69) is 10.1 Å². The van der Waals surface area contributed by atoms with Crippen LogP contribution in [-0.4, -0.2) is 26.2 Å². The highest BCUT2D eigenvalue weighted by Gasteiger charge is 2.36. The first kappa shape index (κ1) is 12.0. The van der Waals surface area contributed by atoms with E-state index in [0.29, 0.717) is 13.1 Å². The van der Waals surface area contributed by atoms with Gasteiger partial charge in [0.25, 0.3) is 0 Å². The number of hydrogen-bond acceptors (Lipinski definition) is 3. The maximum Gasteiger partial charge on any atom is 0.310 e. The average Bonchev–Trinajstić information content (AvgIpc) is 2.80. The van der Waals surface area contributed by atoms with E-state index in [1.54, 1.807) is 0 Å². The Morgan fingerprint density at radius 3 is 2.88 bits per heavy atom. The highest BCUT2D eigenvalue weighted by Crippen LogP contribution is 2.31. The Morgan fingerprint density at radius 1 is 1.41 bits per heavy atom. The minimum Gasteiger partial charge on any atom is -0.469 e. The summed E-state index contributed by atoms with van der Waals surface area (Å²) in [4.78, 5) is 11.5. The third-order valence-corrected chi connectivity index (χ3v) is 3.08. The van der Waals surface area contributed by atoms with E-state index in [1.165, 1.54) is 7.11 Å². The minimum atomic E-state index is -0.503. The standard InChI is InChI=1S/C12H13F2NO2/c1-17-12(16)10-6-15-5-9(10)8-4-7(13)2-3-11(8)14/h2-4,9-10,15H,5-6H2,1H3. The Morgan fingerprint density at radius 2 is 2.18 bits per heavy atom. The lowest BCUT2D eigenvalue weighted by Gasteiger charge is -2.17. The predicted molar refractivity (Wildman–Crippen MR) is 57.5 cm³/mol. The molecule has 1 saturated heterocycles. The third kappa shape index (κ3) is 2.29. The quantitative estimate of drug-likeness (QED) is 0.796. The van der Waals surface area contributed by atoms with E-state index in [-0.39, 0.29) is 11.5 Å². The van der Waals surface area contributed by atoms with Gasteiger partial charge in [0.1, 0.15) is 11.6 Å². The molecule has 1 N–H and O–H groups in total. The van der Waals surface area contributed by atoms with Crippen molar-refractivity contribution in [2.45, 2.75) is 5.92 Å². The number of hydrogen-bond donors (Lipinski definition) is 1. The number of halogens is 2. The van der Waals surface area contributed by atoms with Crippen LogP contribution in [0.2, 0.25) is 0 Å². The van der Waals surface area contributed by atoms with E-state index in [9.17, 15) is 13.6 Å². The van der Waals surface area contributed by atoms with Crippen LogP contribution in [0.25, 0.3) is 0 Å². The highest BCUT2D eigenvalue weighted by molar-refractivity contribution is 5.74. The summed E-state index contributed by atoms with van der Waals surface area (Å²) in [6.07, 6.45) is 0. The molecule has 0 aliphatic carbocycles. The van der Waals surface area contributed by atoms with Gasteiger partial charge in [0, 0.05) is 19.0 Å². The Bertz CT molecular complexity index is 437. The van der Waals surface area contributed by atoms with Gasteiger partial charge in [0.05, 0.1) is 13.0 Å². The van der Waals surface area contributed by atoms with E-state index in [4.69, 9.17) is 0 Å². The van der Waals surface area contributed by atoms with Gasteiger partial charge < -0.3 is 10.1 Å². The Hall–Kier alpha value is -1.49. The van der Waals surface area contributed by atoms with Gasteiger partial charge in [-0.05, 0) is 23.8 Å². The van der Waals surface area contributed by atoms with Gasteiger partial charge >= 0.3 is 5.97 Å². The van der Waals surface area contributed by atoms with Crippen LogP contribution in [0.3, 0.4) is 0 Å². The molecule has 1 aliphatic rings. The zero-order valence-corrected chi connectivity index (χ0v) is 9.37. The highest BCUT2D eigenvalue weighted by atomic mass is 19.1. The van der Waals surface area contributed by atoms with E-state index < -0.39 is 23.5 Å². The molecule has 1 heterocycles. The Labute approximate surface area is 97.8 Å². The molecule has 0 bridgehead atoms. The summed E-state index contributed by atoms with van der Waals surface area (Å²) in [5.74, 6) is -2.23. The molecule has 0 aromatic heterocycles. The van der Waals surface area contributed by atoms with Gasteiger partial charge in [-0.2, -0.15) is 0 Å². The first-order chi connectivity index (χ1) is 8.13. The lowest BCUT2D eigenvalue weighted by molar-refractivity contribution is -0.145. The molecule has 0 spiro atoms. The maximum absolute atomic E-state index is 13.6. The number of methoxy groups -OCH3 is 1. The molecule has 0 saturated carbocycles. The summed E-state index contributed by atoms with van der Waals surface area (Å²) in [5.41, 5.74) is 0.227. The summed E-state index contributed by atoms with van der Waals surface area (Å²) < 4.78 is 31.4. The molecule has 1 aromatic carbocycles. The van der Waals surface area contributed by atoms with Gasteiger partial charge in [0.15, 0.2) is 0 Å². The van der Waals surface area contributed by atoms with Crippen LogP contribution in [0.5, 0.6) is 0 Å². The number of carbonyl (C=O) groups is 1. The number of rotatable bonds is 2. The molecular weight excluding hydrogens is 228 g/mol. The van der Waals surface area contributed by atoms with Crippen molar-refractivity contribution in [1.29, 1.82) is 0 Å².